The van der Waals surface area contributed by atoms with E-state index in [1.165, 1.54) is 154 Å². The molecule has 2 unspecified atom stereocenters. The number of carboxylic acid groups (broad SMARTS) is 2. The fourth-order valence-corrected chi connectivity index (χ4v) is 8.22. The summed E-state index contributed by atoms with van der Waals surface area (Å²) in [5.74, 6) is 0.0206. The van der Waals surface area contributed by atoms with E-state index in [4.69, 9.17) is 19.7 Å². The average Bonchev–Trinajstić information content (AvgIpc) is 3.19. The highest BCUT2D eigenvalue weighted by atomic mass is 32.2. The van der Waals surface area contributed by atoms with E-state index in [0.717, 1.165) is 37.2 Å². The molecule has 2 atom stereocenters. The highest BCUT2D eigenvalue weighted by Crippen LogP contribution is 2.23. The second-order valence-electron chi connectivity index (χ2n) is 16.1. The molecule has 0 aliphatic rings. The van der Waals surface area contributed by atoms with Gasteiger partial charge in [0.05, 0.1) is 25.7 Å². The zero-order valence-corrected chi connectivity index (χ0v) is 37.5. The lowest BCUT2D eigenvalue weighted by Crippen LogP contribution is -2.08. The number of hydrogen-bond acceptors (Lipinski definition) is 7. The van der Waals surface area contributed by atoms with Crippen LogP contribution in [0.25, 0.3) is 0 Å². The maximum absolute atomic E-state index is 11.9. The van der Waals surface area contributed by atoms with Crippen molar-refractivity contribution in [1.29, 1.82) is 0 Å². The fraction of sp³-hybridized carbons (Fsp3) is 0.833. The van der Waals surface area contributed by atoms with Gasteiger partial charge in [0.1, 0.15) is 13.2 Å². The van der Waals surface area contributed by atoms with E-state index in [2.05, 4.69) is 26.0 Å². The van der Waals surface area contributed by atoms with E-state index in [9.17, 15) is 19.2 Å². The molecule has 2 N–H and O–H groups in total. The zero-order valence-electron chi connectivity index (χ0n) is 36.7. The first-order valence-corrected chi connectivity index (χ1v) is 24.6. The van der Waals surface area contributed by atoms with Crippen molar-refractivity contribution in [3.05, 3.63) is 24.3 Å². The molecule has 0 fully saturated rings. The number of thioether (sulfide) groups is 1. The Bertz CT molecular complexity index is 934. The van der Waals surface area contributed by atoms with E-state index in [1.807, 2.05) is 23.9 Å². The first kappa shape index (κ1) is 54.7. The fourth-order valence-electron chi connectivity index (χ4n) is 7.08. The molecule has 57 heavy (non-hydrogen) atoms. The summed E-state index contributed by atoms with van der Waals surface area (Å²) in [5.41, 5.74) is 0. The number of carboxylic acids is 2. The van der Waals surface area contributed by atoms with Gasteiger partial charge in [0.25, 0.3) is 0 Å². The van der Waals surface area contributed by atoms with Gasteiger partial charge in [0.15, 0.2) is 0 Å². The lowest BCUT2D eigenvalue weighted by molar-refractivity contribution is -0.146. The molecule has 0 aromatic carbocycles. The van der Waals surface area contributed by atoms with Crippen LogP contribution in [0.5, 0.6) is 0 Å². The lowest BCUT2D eigenvalue weighted by atomic mass is 9.97. The molecule has 8 nitrogen and oxygen atoms in total. The van der Waals surface area contributed by atoms with E-state index in [1.54, 1.807) is 0 Å². The second-order valence-corrected chi connectivity index (χ2v) is 17.3. The van der Waals surface area contributed by atoms with E-state index < -0.39 is 23.9 Å². The average molecular weight is 823 g/mol. The van der Waals surface area contributed by atoms with E-state index in [0.29, 0.717) is 11.8 Å². The Hall–Kier alpha value is -2.29. The Kier molecular flexibility index (Phi) is 41.6. The van der Waals surface area contributed by atoms with Crippen molar-refractivity contribution in [3.63, 3.8) is 0 Å². The van der Waals surface area contributed by atoms with Crippen LogP contribution in [0.1, 0.15) is 219 Å². The van der Waals surface area contributed by atoms with Gasteiger partial charge in [-0.25, -0.2) is 0 Å². The summed E-state index contributed by atoms with van der Waals surface area (Å²) in [5, 5.41) is 17.6. The molecule has 0 heterocycles. The number of aliphatic carboxylic acids is 2. The minimum atomic E-state index is -0.996. The molecule has 0 bridgehead atoms. The van der Waals surface area contributed by atoms with Crippen LogP contribution in [0.15, 0.2) is 24.3 Å². The maximum atomic E-state index is 11.9. The molecule has 0 aromatic heterocycles. The van der Waals surface area contributed by atoms with Crippen LogP contribution in [-0.4, -0.2) is 58.8 Å². The standard InChI is InChI=1S/C48H86O8S/c1-3-5-7-9-11-13-15-17-19-21-23-25-29-43(31-27-39-55-47(53)35-33-45(49)50)37-41-57-42-38-44(32-28-40-56-48(54)36-34-46(51)52)30-26-24-22-20-18-16-14-12-10-8-6-4-2/h27-28,31-32,43-44H,3-26,29-30,33-42H2,1-2H3,(H,49,50)(H,51,52)/b31-27+,32-28+. The molecule has 0 aromatic rings. The maximum Gasteiger partial charge on any atom is 0.306 e. The molecule has 0 spiro atoms. The summed E-state index contributed by atoms with van der Waals surface area (Å²) >= 11 is 1.99. The normalized spacial score (nSPS) is 12.7. The minimum absolute atomic E-state index is 0.102. The van der Waals surface area contributed by atoms with Crippen molar-refractivity contribution < 1.29 is 38.9 Å². The molecule has 9 heteroatoms. The first-order valence-electron chi connectivity index (χ1n) is 23.4. The van der Waals surface area contributed by atoms with Gasteiger partial charge in [-0.05, 0) is 49.0 Å². The molecule has 0 amide bonds. The second kappa shape index (κ2) is 43.3. The predicted octanol–water partition coefficient (Wildman–Crippen LogP) is 13.8. The molecule has 0 rings (SSSR count). The SMILES string of the molecule is CCCCCCCCCCCCCCC(/C=C/COC(=O)CCC(=O)O)CCSCCC(/C=C/COC(=O)CCC(=O)O)CCCCCCCCCCCCCC. The van der Waals surface area contributed by atoms with Gasteiger partial charge in [-0.15, -0.1) is 0 Å². The third-order valence-corrected chi connectivity index (χ3v) is 11.8. The third-order valence-electron chi connectivity index (χ3n) is 10.7. The van der Waals surface area contributed by atoms with Gasteiger partial charge < -0.3 is 19.7 Å². The van der Waals surface area contributed by atoms with Gasteiger partial charge in [0, 0.05) is 0 Å². The lowest BCUT2D eigenvalue weighted by Gasteiger charge is -2.15. The van der Waals surface area contributed by atoms with Crippen LogP contribution < -0.4 is 0 Å². The Balaban J connectivity index is 4.78. The van der Waals surface area contributed by atoms with Gasteiger partial charge in [0.2, 0.25) is 0 Å². The Morgan fingerprint density at radius 3 is 1.04 bits per heavy atom. The summed E-state index contributed by atoms with van der Waals surface area (Å²) < 4.78 is 10.5. The van der Waals surface area contributed by atoms with Crippen LogP contribution in [0.3, 0.4) is 0 Å². The number of unbranched alkanes of at least 4 members (excludes halogenated alkanes) is 22. The van der Waals surface area contributed by atoms with E-state index in [-0.39, 0.29) is 38.9 Å². The van der Waals surface area contributed by atoms with Gasteiger partial charge in [-0.3, -0.25) is 19.2 Å². The number of esters is 2. The Labute approximate surface area is 353 Å². The van der Waals surface area contributed by atoms with Crippen molar-refractivity contribution in [2.24, 2.45) is 11.8 Å². The van der Waals surface area contributed by atoms with Crippen molar-refractivity contribution in [3.8, 4) is 0 Å². The third kappa shape index (κ3) is 43.1. The topological polar surface area (TPSA) is 127 Å². The summed E-state index contributed by atoms with van der Waals surface area (Å²) in [7, 11) is 0. The van der Waals surface area contributed by atoms with Crippen molar-refractivity contribution in [2.45, 2.75) is 219 Å². The molecule has 0 radical (unpaired) electrons. The van der Waals surface area contributed by atoms with Crippen molar-refractivity contribution in [2.75, 3.05) is 24.7 Å². The summed E-state index contributed by atoms with van der Waals surface area (Å²) in [6.45, 7) is 4.90. The van der Waals surface area contributed by atoms with Crippen molar-refractivity contribution >= 4 is 35.6 Å². The molecular formula is C48H86O8S. The van der Waals surface area contributed by atoms with Crippen LogP contribution in [0.4, 0.5) is 0 Å². The molecule has 0 saturated heterocycles. The Morgan fingerprint density at radius 2 is 0.737 bits per heavy atom. The van der Waals surface area contributed by atoms with Crippen LogP contribution >= 0.6 is 11.8 Å². The molecular weight excluding hydrogens is 737 g/mol. The number of carbonyl (C=O) groups excluding carboxylic acids is 2. The zero-order chi connectivity index (χ0) is 41.9. The molecule has 0 saturated carbocycles. The molecule has 0 aliphatic carbocycles. The smallest absolute Gasteiger partial charge is 0.306 e. The number of rotatable bonds is 44. The predicted molar refractivity (Wildman–Crippen MR) is 239 cm³/mol. The summed E-state index contributed by atoms with van der Waals surface area (Å²) in [6.07, 6.45) is 43.9. The van der Waals surface area contributed by atoms with Gasteiger partial charge in [-0.2, -0.15) is 11.8 Å². The number of carbonyl (C=O) groups is 4. The van der Waals surface area contributed by atoms with Gasteiger partial charge >= 0.3 is 23.9 Å². The number of ether oxygens (including phenoxy) is 2. The quantitative estimate of drug-likeness (QED) is 0.0351. The minimum Gasteiger partial charge on any atom is -0.481 e. The largest absolute Gasteiger partial charge is 0.481 e. The van der Waals surface area contributed by atoms with E-state index >= 15 is 0 Å². The highest BCUT2D eigenvalue weighted by Gasteiger charge is 2.10. The number of hydrogen-bond donors (Lipinski definition) is 2. The van der Waals surface area contributed by atoms with Crippen LogP contribution in [0.2, 0.25) is 0 Å². The summed E-state index contributed by atoms with van der Waals surface area (Å²) in [6, 6.07) is 0. The monoisotopic (exact) mass is 823 g/mol. The van der Waals surface area contributed by atoms with Crippen LogP contribution in [0, 0.1) is 11.8 Å². The van der Waals surface area contributed by atoms with Gasteiger partial charge in [-0.1, -0.05) is 192 Å². The summed E-state index contributed by atoms with van der Waals surface area (Å²) in [4.78, 5) is 45.2. The van der Waals surface area contributed by atoms with Crippen molar-refractivity contribution in [1.82, 2.24) is 0 Å². The highest BCUT2D eigenvalue weighted by molar-refractivity contribution is 7.99. The Morgan fingerprint density at radius 1 is 0.439 bits per heavy atom. The molecule has 0 aliphatic heterocycles. The van der Waals surface area contributed by atoms with Crippen LogP contribution in [-0.2, 0) is 28.7 Å². The number of allylic oxidation sites excluding steroid dienone is 2. The first-order chi connectivity index (χ1) is 27.8. The molecule has 332 valence electrons.